The summed E-state index contributed by atoms with van der Waals surface area (Å²) in [4.78, 5) is 26.0. The van der Waals surface area contributed by atoms with E-state index in [0.29, 0.717) is 11.4 Å². The van der Waals surface area contributed by atoms with E-state index in [1.54, 1.807) is 0 Å². The Kier molecular flexibility index (Phi) is 4.53. The van der Waals surface area contributed by atoms with E-state index >= 15 is 0 Å². The van der Waals surface area contributed by atoms with Crippen molar-refractivity contribution >= 4 is 29.0 Å². The number of benzene rings is 2. The number of hydrazine groups is 1. The minimum atomic E-state index is -0.705. The van der Waals surface area contributed by atoms with Gasteiger partial charge in [0, 0.05) is 17.0 Å². The van der Waals surface area contributed by atoms with E-state index in [9.17, 15) is 9.59 Å². The summed E-state index contributed by atoms with van der Waals surface area (Å²) in [5.74, 6) is -1.17. The Hall–Kier alpha value is -2.21. The van der Waals surface area contributed by atoms with Gasteiger partial charge >= 0.3 is 0 Å². The predicted octanol–water partition coefficient (Wildman–Crippen LogP) is 2.55. The fourth-order valence-electron chi connectivity index (χ4n) is 3.79. The van der Waals surface area contributed by atoms with Crippen LogP contribution in [0, 0.1) is 11.8 Å². The predicted molar refractivity (Wildman–Crippen MR) is 101 cm³/mol. The Balaban J connectivity index is 1.56. The van der Waals surface area contributed by atoms with Gasteiger partial charge in [-0.05, 0) is 43.2 Å². The van der Waals surface area contributed by atoms with E-state index < -0.39 is 5.92 Å². The zero-order chi connectivity index (χ0) is 18.3. The molecule has 2 heterocycles. The highest BCUT2D eigenvalue weighted by atomic mass is 35.5. The van der Waals surface area contributed by atoms with Crippen LogP contribution in [-0.4, -0.2) is 23.9 Å². The summed E-state index contributed by atoms with van der Waals surface area (Å²) in [5.41, 5.74) is 4.93. The molecule has 4 rings (SSSR count). The summed E-state index contributed by atoms with van der Waals surface area (Å²) < 4.78 is 0. The van der Waals surface area contributed by atoms with E-state index in [0.717, 1.165) is 11.3 Å². The van der Waals surface area contributed by atoms with E-state index in [2.05, 4.69) is 10.7 Å². The van der Waals surface area contributed by atoms with E-state index in [-0.39, 0.29) is 29.8 Å². The molecular formula is C20H20ClN3O2. The Morgan fingerprint density at radius 1 is 1.04 bits per heavy atom. The van der Waals surface area contributed by atoms with Crippen LogP contribution in [0.4, 0.5) is 5.69 Å². The molecule has 2 aliphatic rings. The van der Waals surface area contributed by atoms with E-state index in [1.165, 1.54) is 5.01 Å². The van der Waals surface area contributed by atoms with Crippen molar-refractivity contribution in [1.82, 2.24) is 10.7 Å². The number of hydrogen-bond donors (Lipinski definition) is 2. The molecule has 2 saturated heterocycles. The molecule has 2 N–H and O–H groups in total. The third kappa shape index (κ3) is 3.03. The Labute approximate surface area is 157 Å². The number of nitrogens with zero attached hydrogens (tertiary/aromatic N) is 1. The first kappa shape index (κ1) is 17.2. The van der Waals surface area contributed by atoms with Crippen molar-refractivity contribution in [2.45, 2.75) is 25.6 Å². The highest BCUT2D eigenvalue weighted by Gasteiger charge is 2.52. The summed E-state index contributed by atoms with van der Waals surface area (Å²) in [6.45, 7) is 1.99. The van der Waals surface area contributed by atoms with Crippen molar-refractivity contribution in [1.29, 1.82) is 0 Å². The molecule has 0 radical (unpaired) electrons. The first-order valence-electron chi connectivity index (χ1n) is 8.74. The van der Waals surface area contributed by atoms with Gasteiger partial charge in [0.15, 0.2) is 5.78 Å². The van der Waals surface area contributed by atoms with Crippen LogP contribution in [0.2, 0.25) is 5.02 Å². The van der Waals surface area contributed by atoms with Gasteiger partial charge in [-0.2, -0.15) is 0 Å². The molecule has 2 fully saturated rings. The number of Topliss-reactive ketones (excluding diaryl/α,β-unsaturated/α-hetero) is 1. The lowest BCUT2D eigenvalue weighted by Crippen LogP contribution is -2.59. The fourth-order valence-corrected chi connectivity index (χ4v) is 3.91. The largest absolute Gasteiger partial charge is 0.298 e. The number of nitrogens with one attached hydrogen (secondary N) is 2. The van der Waals surface area contributed by atoms with Crippen molar-refractivity contribution in [3.05, 3.63) is 65.2 Å². The van der Waals surface area contributed by atoms with Crippen molar-refractivity contribution in [3.8, 4) is 0 Å². The molecule has 2 aromatic carbocycles. The monoisotopic (exact) mass is 369 g/mol. The maximum Gasteiger partial charge on any atom is 0.255 e. The van der Waals surface area contributed by atoms with Crippen LogP contribution in [0.5, 0.6) is 0 Å². The molecular weight excluding hydrogens is 350 g/mol. The lowest BCUT2D eigenvalue weighted by molar-refractivity contribution is -0.136. The van der Waals surface area contributed by atoms with Gasteiger partial charge < -0.3 is 0 Å². The normalized spacial score (nSPS) is 28.3. The summed E-state index contributed by atoms with van der Waals surface area (Å²) in [6, 6.07) is 16.8. The number of halogens is 1. The Morgan fingerprint density at radius 2 is 1.73 bits per heavy atom. The van der Waals surface area contributed by atoms with Crippen molar-refractivity contribution in [2.24, 2.45) is 11.8 Å². The maximum absolute atomic E-state index is 13.1. The molecule has 5 nitrogen and oxygen atoms in total. The zero-order valence-corrected chi connectivity index (χ0v) is 15.1. The second-order valence-electron chi connectivity index (χ2n) is 6.89. The van der Waals surface area contributed by atoms with Gasteiger partial charge in [-0.25, -0.2) is 10.4 Å². The van der Waals surface area contributed by atoms with Crippen LogP contribution in [0.1, 0.15) is 12.5 Å². The van der Waals surface area contributed by atoms with Gasteiger partial charge in [0.2, 0.25) is 0 Å². The van der Waals surface area contributed by atoms with Gasteiger partial charge in [-0.1, -0.05) is 41.9 Å². The maximum atomic E-state index is 13.1. The quantitative estimate of drug-likeness (QED) is 0.816. The highest BCUT2D eigenvalue weighted by Crippen LogP contribution is 2.31. The lowest BCUT2D eigenvalue weighted by Gasteiger charge is -2.35. The molecule has 2 aromatic rings. The number of amides is 1. The number of anilines is 1. The van der Waals surface area contributed by atoms with Gasteiger partial charge in [0.25, 0.3) is 5.91 Å². The van der Waals surface area contributed by atoms with Crippen molar-refractivity contribution < 1.29 is 9.59 Å². The zero-order valence-electron chi connectivity index (χ0n) is 14.4. The molecule has 0 bridgehead atoms. The number of fused-ring (bicyclic) bond motifs is 1. The molecule has 26 heavy (non-hydrogen) atoms. The molecule has 0 aliphatic carbocycles. The number of ketones is 1. The lowest BCUT2D eigenvalue weighted by atomic mass is 9.79. The molecule has 0 spiro atoms. The standard InChI is InChI=1S/C20H20ClN3O2/c1-12-16(11-13-7-9-14(21)10-8-13)18(25)17-19(22-12)23-24(20(17)26)15-5-3-2-4-6-15/h2-10,12,16-17,19,22-23H,11H2,1H3. The highest BCUT2D eigenvalue weighted by molar-refractivity contribution is 6.30. The Morgan fingerprint density at radius 3 is 2.42 bits per heavy atom. The Bertz CT molecular complexity index is 825. The summed E-state index contributed by atoms with van der Waals surface area (Å²) in [7, 11) is 0. The third-order valence-corrected chi connectivity index (χ3v) is 5.44. The second kappa shape index (κ2) is 6.83. The van der Waals surface area contributed by atoms with Gasteiger partial charge in [0.1, 0.15) is 5.92 Å². The first-order valence-corrected chi connectivity index (χ1v) is 9.12. The topological polar surface area (TPSA) is 61.4 Å². The number of carbonyl (C=O) groups is 2. The molecule has 4 atom stereocenters. The average molecular weight is 370 g/mol. The minimum Gasteiger partial charge on any atom is -0.298 e. The molecule has 2 aliphatic heterocycles. The number of piperidine rings is 1. The molecule has 1 amide bonds. The first-order chi connectivity index (χ1) is 12.5. The van der Waals surface area contributed by atoms with E-state index in [1.807, 2.05) is 61.5 Å². The van der Waals surface area contributed by atoms with E-state index in [4.69, 9.17) is 11.6 Å². The average Bonchev–Trinajstić information content (AvgIpc) is 2.97. The molecule has 6 heteroatoms. The van der Waals surface area contributed by atoms with Crippen LogP contribution in [0.25, 0.3) is 0 Å². The van der Waals surface area contributed by atoms with Crippen LogP contribution in [0.3, 0.4) is 0 Å². The molecule has 0 saturated carbocycles. The molecule has 0 aromatic heterocycles. The van der Waals surface area contributed by atoms with Crippen molar-refractivity contribution in [3.63, 3.8) is 0 Å². The molecule has 134 valence electrons. The summed E-state index contributed by atoms with van der Waals surface area (Å²) in [6.07, 6.45) is 0.220. The van der Waals surface area contributed by atoms with Crippen LogP contribution < -0.4 is 15.8 Å². The second-order valence-corrected chi connectivity index (χ2v) is 7.32. The van der Waals surface area contributed by atoms with Gasteiger partial charge in [0.05, 0.1) is 11.9 Å². The van der Waals surface area contributed by atoms with Gasteiger partial charge in [-0.3, -0.25) is 14.9 Å². The third-order valence-electron chi connectivity index (χ3n) is 5.19. The number of carbonyl (C=O) groups excluding carboxylic acids is 2. The fraction of sp³-hybridized carbons (Fsp3) is 0.300. The van der Waals surface area contributed by atoms with Gasteiger partial charge in [-0.15, -0.1) is 0 Å². The smallest absolute Gasteiger partial charge is 0.255 e. The number of para-hydroxylation sites is 1. The summed E-state index contributed by atoms with van der Waals surface area (Å²) in [5, 5.41) is 5.55. The molecule has 4 unspecified atom stereocenters. The van der Waals surface area contributed by atoms with Crippen LogP contribution in [0.15, 0.2) is 54.6 Å². The van der Waals surface area contributed by atoms with Crippen LogP contribution >= 0.6 is 11.6 Å². The number of hydrogen-bond acceptors (Lipinski definition) is 4. The van der Waals surface area contributed by atoms with Crippen molar-refractivity contribution in [2.75, 3.05) is 5.01 Å². The summed E-state index contributed by atoms with van der Waals surface area (Å²) >= 11 is 5.94. The van der Waals surface area contributed by atoms with Crippen LogP contribution in [-0.2, 0) is 16.0 Å². The minimum absolute atomic E-state index is 0.00729. The SMILES string of the molecule is CC1NC2NN(c3ccccc3)C(=O)C2C(=O)C1Cc1ccc(Cl)cc1. The number of rotatable bonds is 3.